The lowest BCUT2D eigenvalue weighted by Crippen LogP contribution is -1.96. The molecule has 0 aliphatic heterocycles. The molecule has 0 saturated carbocycles. The number of ether oxygens (including phenoxy) is 1. The van der Waals surface area contributed by atoms with Crippen molar-refractivity contribution in [3.05, 3.63) is 10.6 Å². The first-order valence-corrected chi connectivity index (χ1v) is 5.59. The van der Waals surface area contributed by atoms with Crippen molar-refractivity contribution in [2.45, 2.75) is 10.8 Å². The standard InChI is InChI=1S/C6H7IN2O2S/c7-3-5-6(12-9-8-5)1-2-11-4-10/h4H,1-3H2. The van der Waals surface area contributed by atoms with Gasteiger partial charge in [-0.2, -0.15) is 0 Å². The normalized spacial score (nSPS) is 9.75. The minimum atomic E-state index is 0.414. The molecule has 12 heavy (non-hydrogen) atoms. The number of carbonyl (C=O) groups is 1. The average Bonchev–Trinajstić information content (AvgIpc) is 2.52. The predicted octanol–water partition coefficient (Wildman–Crippen LogP) is 1.19. The average molecular weight is 298 g/mol. The summed E-state index contributed by atoms with van der Waals surface area (Å²) in [6, 6.07) is 0. The van der Waals surface area contributed by atoms with Gasteiger partial charge < -0.3 is 4.74 Å². The first-order chi connectivity index (χ1) is 5.88. The third-order valence-electron chi connectivity index (χ3n) is 1.28. The molecular formula is C6H7IN2O2S. The minimum Gasteiger partial charge on any atom is -0.468 e. The Bertz CT molecular complexity index is 253. The third-order valence-corrected chi connectivity index (χ3v) is 2.82. The fraction of sp³-hybridized carbons (Fsp3) is 0.500. The third kappa shape index (κ3) is 2.67. The van der Waals surface area contributed by atoms with E-state index in [2.05, 4.69) is 36.9 Å². The highest BCUT2D eigenvalue weighted by molar-refractivity contribution is 14.1. The molecule has 0 saturated heterocycles. The molecule has 0 aliphatic rings. The van der Waals surface area contributed by atoms with Gasteiger partial charge in [0, 0.05) is 10.8 Å². The largest absolute Gasteiger partial charge is 0.468 e. The summed E-state index contributed by atoms with van der Waals surface area (Å²) in [5.74, 6) is 0. The molecule has 1 heterocycles. The Balaban J connectivity index is 2.44. The highest BCUT2D eigenvalue weighted by Crippen LogP contribution is 2.14. The summed E-state index contributed by atoms with van der Waals surface area (Å²) in [5, 5.41) is 3.93. The maximum atomic E-state index is 9.84. The Morgan fingerprint density at radius 1 is 1.67 bits per heavy atom. The van der Waals surface area contributed by atoms with Crippen molar-refractivity contribution in [1.82, 2.24) is 9.59 Å². The summed E-state index contributed by atoms with van der Waals surface area (Å²) in [5.41, 5.74) is 0.995. The van der Waals surface area contributed by atoms with Crippen LogP contribution in [0.5, 0.6) is 0 Å². The van der Waals surface area contributed by atoms with Crippen molar-refractivity contribution in [3.8, 4) is 0 Å². The van der Waals surface area contributed by atoms with Gasteiger partial charge in [-0.1, -0.05) is 27.1 Å². The zero-order chi connectivity index (χ0) is 8.81. The lowest BCUT2D eigenvalue weighted by molar-refractivity contribution is -0.128. The first kappa shape index (κ1) is 9.85. The van der Waals surface area contributed by atoms with E-state index in [0.717, 1.165) is 21.4 Å². The summed E-state index contributed by atoms with van der Waals surface area (Å²) in [7, 11) is 0. The van der Waals surface area contributed by atoms with E-state index in [1.54, 1.807) is 0 Å². The second-order valence-corrected chi connectivity index (χ2v) is 3.59. The molecule has 1 rings (SSSR count). The molecule has 0 spiro atoms. The second-order valence-electron chi connectivity index (χ2n) is 1.99. The summed E-state index contributed by atoms with van der Waals surface area (Å²) in [4.78, 5) is 10.9. The molecule has 6 heteroatoms. The second kappa shape index (κ2) is 5.41. The van der Waals surface area contributed by atoms with Crippen LogP contribution < -0.4 is 0 Å². The number of nitrogens with zero attached hydrogens (tertiary/aromatic N) is 2. The summed E-state index contributed by atoms with van der Waals surface area (Å²) >= 11 is 3.59. The van der Waals surface area contributed by atoms with Crippen molar-refractivity contribution in [2.75, 3.05) is 6.61 Å². The molecule has 0 aromatic carbocycles. The van der Waals surface area contributed by atoms with E-state index in [9.17, 15) is 4.79 Å². The smallest absolute Gasteiger partial charge is 0.293 e. The van der Waals surface area contributed by atoms with Crippen LogP contribution in [0, 0.1) is 0 Å². The number of hydrogen-bond donors (Lipinski definition) is 0. The molecule has 0 amide bonds. The molecule has 0 aliphatic carbocycles. The quantitative estimate of drug-likeness (QED) is 0.355. The van der Waals surface area contributed by atoms with E-state index < -0.39 is 0 Å². The van der Waals surface area contributed by atoms with Crippen molar-refractivity contribution in [3.63, 3.8) is 0 Å². The molecular weight excluding hydrogens is 291 g/mol. The van der Waals surface area contributed by atoms with E-state index in [1.807, 2.05) is 0 Å². The van der Waals surface area contributed by atoms with Crippen molar-refractivity contribution in [1.29, 1.82) is 0 Å². The van der Waals surface area contributed by atoms with Gasteiger partial charge in [-0.25, -0.2) is 0 Å². The molecule has 0 atom stereocenters. The van der Waals surface area contributed by atoms with Gasteiger partial charge >= 0.3 is 0 Å². The van der Waals surface area contributed by atoms with Gasteiger partial charge in [-0.3, -0.25) is 4.79 Å². The number of aromatic nitrogens is 2. The summed E-state index contributed by atoms with van der Waals surface area (Å²) in [6.07, 6.45) is 0.717. The molecule has 1 aromatic heterocycles. The van der Waals surface area contributed by atoms with Gasteiger partial charge in [0.25, 0.3) is 6.47 Å². The SMILES string of the molecule is O=COCCc1snnc1CI. The van der Waals surface area contributed by atoms with Crippen LogP contribution in [0.4, 0.5) is 0 Å². The number of alkyl halides is 1. The fourth-order valence-electron chi connectivity index (χ4n) is 0.718. The maximum Gasteiger partial charge on any atom is 0.293 e. The van der Waals surface area contributed by atoms with Gasteiger partial charge in [-0.15, -0.1) is 5.10 Å². The molecule has 0 fully saturated rings. The summed E-state index contributed by atoms with van der Waals surface area (Å²) in [6.45, 7) is 0.870. The Kier molecular flexibility index (Phi) is 4.44. The van der Waals surface area contributed by atoms with E-state index in [4.69, 9.17) is 0 Å². The Labute approximate surface area is 87.6 Å². The van der Waals surface area contributed by atoms with E-state index >= 15 is 0 Å². The van der Waals surface area contributed by atoms with E-state index in [0.29, 0.717) is 13.1 Å². The Morgan fingerprint density at radius 3 is 3.17 bits per heavy atom. The zero-order valence-corrected chi connectivity index (χ0v) is 9.17. The number of halogens is 1. The van der Waals surface area contributed by atoms with Gasteiger partial charge in [-0.05, 0) is 11.5 Å². The van der Waals surface area contributed by atoms with Crippen LogP contribution in [-0.4, -0.2) is 22.7 Å². The maximum absolute atomic E-state index is 9.84. The topological polar surface area (TPSA) is 52.1 Å². The van der Waals surface area contributed by atoms with Gasteiger partial charge in [0.2, 0.25) is 0 Å². The lowest BCUT2D eigenvalue weighted by atomic mass is 10.3. The van der Waals surface area contributed by atoms with Crippen LogP contribution in [0.1, 0.15) is 10.6 Å². The molecule has 0 radical (unpaired) electrons. The first-order valence-electron chi connectivity index (χ1n) is 3.29. The van der Waals surface area contributed by atoms with Crippen LogP contribution in [0.15, 0.2) is 0 Å². The molecule has 4 nitrogen and oxygen atoms in total. The molecule has 66 valence electrons. The lowest BCUT2D eigenvalue weighted by Gasteiger charge is -1.96. The van der Waals surface area contributed by atoms with Crippen molar-refractivity contribution < 1.29 is 9.53 Å². The fourth-order valence-corrected chi connectivity index (χ4v) is 2.22. The van der Waals surface area contributed by atoms with Crippen LogP contribution in [-0.2, 0) is 20.4 Å². The van der Waals surface area contributed by atoms with Crippen LogP contribution in [0.2, 0.25) is 0 Å². The van der Waals surface area contributed by atoms with E-state index in [1.165, 1.54) is 11.5 Å². The van der Waals surface area contributed by atoms with Crippen LogP contribution >= 0.6 is 34.1 Å². The van der Waals surface area contributed by atoms with Crippen LogP contribution in [0.25, 0.3) is 0 Å². The number of carbonyl (C=O) groups excluding carboxylic acids is 1. The monoisotopic (exact) mass is 298 g/mol. The van der Waals surface area contributed by atoms with Crippen molar-refractivity contribution >= 4 is 40.6 Å². The molecule has 0 bridgehead atoms. The van der Waals surface area contributed by atoms with Crippen LogP contribution in [0.3, 0.4) is 0 Å². The highest BCUT2D eigenvalue weighted by Gasteiger charge is 2.05. The molecule has 1 aromatic rings. The van der Waals surface area contributed by atoms with Gasteiger partial charge in [0.1, 0.15) is 0 Å². The zero-order valence-electron chi connectivity index (χ0n) is 6.20. The Morgan fingerprint density at radius 2 is 2.50 bits per heavy atom. The van der Waals surface area contributed by atoms with Gasteiger partial charge in [0.05, 0.1) is 17.2 Å². The number of rotatable bonds is 5. The minimum absolute atomic E-state index is 0.414. The van der Waals surface area contributed by atoms with Crippen molar-refractivity contribution in [2.24, 2.45) is 0 Å². The molecule has 0 N–H and O–H groups in total. The Hall–Kier alpha value is -0.240. The van der Waals surface area contributed by atoms with E-state index in [-0.39, 0.29) is 0 Å². The highest BCUT2D eigenvalue weighted by atomic mass is 127. The number of hydrogen-bond acceptors (Lipinski definition) is 5. The summed E-state index contributed by atoms with van der Waals surface area (Å²) < 4.78 is 9.24. The molecule has 0 unspecified atom stereocenters. The van der Waals surface area contributed by atoms with Gasteiger partial charge in [0.15, 0.2) is 0 Å². The predicted molar refractivity (Wildman–Crippen MR) is 53.4 cm³/mol.